The normalized spacial score (nSPS) is 11.3. The largest absolute Gasteiger partial charge is 0.419 e. The topological polar surface area (TPSA) is 60.6 Å². The summed E-state index contributed by atoms with van der Waals surface area (Å²) < 4.78 is 28.7. The second kappa shape index (κ2) is 8.57. The van der Waals surface area contributed by atoms with Gasteiger partial charge in [-0.15, -0.1) is 10.2 Å². The van der Waals surface area contributed by atoms with Gasteiger partial charge in [-0.2, -0.15) is 0 Å². The standard InChI is InChI=1S/C15H20FN3O3/c1-20-9-7-19(8-10-21-2)11-14-17-18-15(22-14)12-3-5-13(16)6-4-12/h3-6H,7-11H2,1-2H3. The highest BCUT2D eigenvalue weighted by atomic mass is 19.1. The highest BCUT2D eigenvalue weighted by Crippen LogP contribution is 2.18. The Bertz CT molecular complexity index is 551. The highest BCUT2D eigenvalue weighted by Gasteiger charge is 2.13. The zero-order chi connectivity index (χ0) is 15.8. The molecule has 0 fully saturated rings. The molecular weight excluding hydrogens is 289 g/mol. The van der Waals surface area contributed by atoms with Crippen molar-refractivity contribution in [2.24, 2.45) is 0 Å². The first-order chi connectivity index (χ1) is 10.7. The maximum Gasteiger partial charge on any atom is 0.247 e. The average Bonchev–Trinajstić information content (AvgIpc) is 2.99. The molecule has 7 heteroatoms. The Morgan fingerprint density at radius 2 is 1.68 bits per heavy atom. The van der Waals surface area contributed by atoms with Crippen molar-refractivity contribution in [3.63, 3.8) is 0 Å². The third kappa shape index (κ3) is 4.87. The molecule has 1 heterocycles. The van der Waals surface area contributed by atoms with Gasteiger partial charge in [0, 0.05) is 32.9 Å². The van der Waals surface area contributed by atoms with E-state index in [9.17, 15) is 4.39 Å². The van der Waals surface area contributed by atoms with Crippen molar-refractivity contribution in [2.75, 3.05) is 40.5 Å². The van der Waals surface area contributed by atoms with Gasteiger partial charge in [-0.3, -0.25) is 4.90 Å². The van der Waals surface area contributed by atoms with Crippen LogP contribution in [0.4, 0.5) is 4.39 Å². The summed E-state index contributed by atoms with van der Waals surface area (Å²) in [6, 6.07) is 5.95. The summed E-state index contributed by atoms with van der Waals surface area (Å²) in [5.74, 6) is 0.591. The van der Waals surface area contributed by atoms with Gasteiger partial charge in [-0.1, -0.05) is 0 Å². The molecule has 6 nitrogen and oxygen atoms in total. The van der Waals surface area contributed by atoms with E-state index in [-0.39, 0.29) is 5.82 Å². The van der Waals surface area contributed by atoms with Crippen LogP contribution in [0.15, 0.2) is 28.7 Å². The fraction of sp³-hybridized carbons (Fsp3) is 0.467. The van der Waals surface area contributed by atoms with Crippen molar-refractivity contribution < 1.29 is 18.3 Å². The first-order valence-electron chi connectivity index (χ1n) is 7.01. The first kappa shape index (κ1) is 16.5. The van der Waals surface area contributed by atoms with E-state index in [0.29, 0.717) is 37.1 Å². The fourth-order valence-electron chi connectivity index (χ4n) is 1.93. The van der Waals surface area contributed by atoms with Crippen LogP contribution in [-0.2, 0) is 16.0 Å². The zero-order valence-corrected chi connectivity index (χ0v) is 12.8. The molecule has 0 amide bonds. The number of ether oxygens (including phenoxy) is 2. The Kier molecular flexibility index (Phi) is 6.45. The van der Waals surface area contributed by atoms with Gasteiger partial charge in [-0.05, 0) is 24.3 Å². The predicted octanol–water partition coefficient (Wildman–Crippen LogP) is 1.97. The molecule has 2 aromatic rings. The molecule has 0 spiro atoms. The molecule has 0 radical (unpaired) electrons. The molecule has 1 aromatic carbocycles. The second-order valence-corrected chi connectivity index (χ2v) is 4.77. The molecule has 0 aliphatic heterocycles. The zero-order valence-electron chi connectivity index (χ0n) is 12.8. The van der Waals surface area contributed by atoms with Gasteiger partial charge < -0.3 is 13.9 Å². The van der Waals surface area contributed by atoms with Crippen LogP contribution in [0.25, 0.3) is 11.5 Å². The van der Waals surface area contributed by atoms with Crippen molar-refractivity contribution in [3.8, 4) is 11.5 Å². The number of rotatable bonds is 9. The summed E-state index contributed by atoms with van der Waals surface area (Å²) in [7, 11) is 3.32. The van der Waals surface area contributed by atoms with E-state index in [1.807, 2.05) is 0 Å². The van der Waals surface area contributed by atoms with Gasteiger partial charge in [0.2, 0.25) is 11.8 Å². The van der Waals surface area contributed by atoms with Crippen molar-refractivity contribution in [1.82, 2.24) is 15.1 Å². The molecule has 0 bridgehead atoms. The third-order valence-corrected chi connectivity index (χ3v) is 3.14. The lowest BCUT2D eigenvalue weighted by atomic mass is 10.2. The first-order valence-corrected chi connectivity index (χ1v) is 7.01. The third-order valence-electron chi connectivity index (χ3n) is 3.14. The molecule has 0 saturated heterocycles. The smallest absolute Gasteiger partial charge is 0.247 e. The summed E-state index contributed by atoms with van der Waals surface area (Å²) in [6.45, 7) is 3.23. The number of methoxy groups -OCH3 is 2. The minimum Gasteiger partial charge on any atom is -0.419 e. The predicted molar refractivity (Wildman–Crippen MR) is 78.7 cm³/mol. The number of nitrogens with zero attached hydrogens (tertiary/aromatic N) is 3. The maximum atomic E-state index is 12.9. The summed E-state index contributed by atoms with van der Waals surface area (Å²) in [6.07, 6.45) is 0. The lowest BCUT2D eigenvalue weighted by molar-refractivity contribution is 0.105. The average molecular weight is 309 g/mol. The molecule has 0 saturated carbocycles. The molecule has 0 aliphatic rings. The van der Waals surface area contributed by atoms with Crippen molar-refractivity contribution in [2.45, 2.75) is 6.54 Å². The van der Waals surface area contributed by atoms with E-state index in [1.54, 1.807) is 26.4 Å². The van der Waals surface area contributed by atoms with E-state index in [4.69, 9.17) is 13.9 Å². The van der Waals surface area contributed by atoms with Gasteiger partial charge in [-0.25, -0.2) is 4.39 Å². The van der Waals surface area contributed by atoms with Crippen LogP contribution < -0.4 is 0 Å². The molecule has 1 aromatic heterocycles. The van der Waals surface area contributed by atoms with Crippen LogP contribution in [0.3, 0.4) is 0 Å². The van der Waals surface area contributed by atoms with E-state index in [0.717, 1.165) is 13.1 Å². The molecule has 0 atom stereocenters. The summed E-state index contributed by atoms with van der Waals surface area (Å²) in [4.78, 5) is 2.11. The lowest BCUT2D eigenvalue weighted by Crippen LogP contribution is -2.30. The Labute approximate surface area is 128 Å². The second-order valence-electron chi connectivity index (χ2n) is 4.77. The molecule has 22 heavy (non-hydrogen) atoms. The number of hydrogen-bond donors (Lipinski definition) is 0. The van der Waals surface area contributed by atoms with E-state index >= 15 is 0 Å². The van der Waals surface area contributed by atoms with Gasteiger partial charge in [0.1, 0.15) is 5.82 Å². The van der Waals surface area contributed by atoms with Crippen molar-refractivity contribution in [3.05, 3.63) is 36.0 Å². The van der Waals surface area contributed by atoms with Gasteiger partial charge in [0.05, 0.1) is 19.8 Å². The SMILES string of the molecule is COCCN(CCOC)Cc1nnc(-c2ccc(F)cc2)o1. The van der Waals surface area contributed by atoms with Crippen LogP contribution in [0.2, 0.25) is 0 Å². The van der Waals surface area contributed by atoms with Crippen molar-refractivity contribution >= 4 is 0 Å². The van der Waals surface area contributed by atoms with Gasteiger partial charge >= 0.3 is 0 Å². The minimum absolute atomic E-state index is 0.297. The van der Waals surface area contributed by atoms with Crippen molar-refractivity contribution in [1.29, 1.82) is 0 Å². The summed E-state index contributed by atoms with van der Waals surface area (Å²) in [5.41, 5.74) is 0.695. The van der Waals surface area contributed by atoms with Crippen LogP contribution in [0, 0.1) is 5.82 Å². The molecule has 0 unspecified atom stereocenters. The Morgan fingerprint density at radius 1 is 1.05 bits per heavy atom. The van der Waals surface area contributed by atoms with E-state index in [1.165, 1.54) is 12.1 Å². The van der Waals surface area contributed by atoms with E-state index < -0.39 is 0 Å². The van der Waals surface area contributed by atoms with Crippen LogP contribution >= 0.6 is 0 Å². The lowest BCUT2D eigenvalue weighted by Gasteiger charge is -2.19. The minimum atomic E-state index is -0.297. The van der Waals surface area contributed by atoms with E-state index in [2.05, 4.69) is 15.1 Å². The quantitative estimate of drug-likeness (QED) is 0.706. The number of aromatic nitrogens is 2. The Balaban J connectivity index is 2.00. The molecular formula is C15H20FN3O3. The Hall–Kier alpha value is -1.83. The van der Waals surface area contributed by atoms with Crippen LogP contribution in [0.1, 0.15) is 5.89 Å². The molecule has 120 valence electrons. The molecule has 2 rings (SSSR count). The molecule has 0 N–H and O–H groups in total. The fourth-order valence-corrected chi connectivity index (χ4v) is 1.93. The maximum absolute atomic E-state index is 12.9. The molecule has 0 aliphatic carbocycles. The van der Waals surface area contributed by atoms with Crippen LogP contribution in [-0.4, -0.2) is 55.6 Å². The number of hydrogen-bond acceptors (Lipinski definition) is 6. The highest BCUT2D eigenvalue weighted by molar-refractivity contribution is 5.51. The van der Waals surface area contributed by atoms with Gasteiger partial charge in [0.15, 0.2) is 0 Å². The summed E-state index contributed by atoms with van der Waals surface area (Å²) in [5, 5.41) is 8.04. The van der Waals surface area contributed by atoms with Gasteiger partial charge in [0.25, 0.3) is 0 Å². The number of benzene rings is 1. The summed E-state index contributed by atoms with van der Waals surface area (Å²) >= 11 is 0. The monoisotopic (exact) mass is 309 g/mol. The number of halogens is 1. The Morgan fingerprint density at radius 3 is 2.27 bits per heavy atom. The van der Waals surface area contributed by atoms with Crippen LogP contribution in [0.5, 0.6) is 0 Å².